The number of rotatable bonds is 4. The second kappa shape index (κ2) is 5.49. The van der Waals surface area contributed by atoms with Crippen molar-refractivity contribution in [1.29, 1.82) is 0 Å². The molecule has 0 aromatic heterocycles. The number of hydrogen-bond donors (Lipinski definition) is 1. The topological polar surface area (TPSA) is 35.2 Å². The van der Waals surface area contributed by atoms with Gasteiger partial charge in [0.2, 0.25) is 0 Å². The molecule has 21 heavy (non-hydrogen) atoms. The third-order valence-corrected chi connectivity index (χ3v) is 4.37. The Morgan fingerprint density at radius 3 is 2.52 bits per heavy atom. The molecule has 0 saturated carbocycles. The summed E-state index contributed by atoms with van der Waals surface area (Å²) in [7, 11) is 0. The van der Waals surface area contributed by atoms with Gasteiger partial charge in [0.25, 0.3) is 0 Å². The zero-order valence-corrected chi connectivity index (χ0v) is 13.2. The Bertz CT molecular complexity index is 685. The maximum absolute atomic E-state index is 6.08. The molecule has 0 amide bonds. The first kappa shape index (κ1) is 14.1. The summed E-state index contributed by atoms with van der Waals surface area (Å²) in [5.41, 5.74) is 11.7. The Hall–Kier alpha value is -1.87. The lowest BCUT2D eigenvalue weighted by Gasteiger charge is -2.30. The summed E-state index contributed by atoms with van der Waals surface area (Å²) in [5, 5.41) is 0. The van der Waals surface area contributed by atoms with Crippen molar-refractivity contribution in [3.05, 3.63) is 64.2 Å². The molecule has 0 radical (unpaired) electrons. The zero-order valence-electron chi connectivity index (χ0n) is 12.3. The van der Waals surface area contributed by atoms with Crippen molar-refractivity contribution in [1.82, 2.24) is 0 Å². The van der Waals surface area contributed by atoms with Crippen molar-refractivity contribution < 1.29 is 4.74 Å². The average molecular weight is 297 g/mol. The largest absolute Gasteiger partial charge is 0.492 e. The van der Waals surface area contributed by atoms with E-state index in [0.29, 0.717) is 10.9 Å². The SMILES string of the molecule is Cc1cc(C(N)=S)cc(C)c1OCC1Cc2ccccc21. The summed E-state index contributed by atoms with van der Waals surface area (Å²) in [5.74, 6) is 1.47. The van der Waals surface area contributed by atoms with Crippen molar-refractivity contribution in [3.63, 3.8) is 0 Å². The van der Waals surface area contributed by atoms with E-state index in [1.807, 2.05) is 26.0 Å². The molecule has 1 unspecified atom stereocenters. The minimum atomic E-state index is 0.431. The highest BCUT2D eigenvalue weighted by Gasteiger charge is 2.26. The van der Waals surface area contributed by atoms with Crippen LogP contribution in [0.4, 0.5) is 0 Å². The first-order valence-corrected chi connectivity index (χ1v) is 7.58. The number of hydrogen-bond acceptors (Lipinski definition) is 2. The van der Waals surface area contributed by atoms with Gasteiger partial charge in [0, 0.05) is 11.5 Å². The molecular weight excluding hydrogens is 278 g/mol. The van der Waals surface area contributed by atoms with Gasteiger partial charge in [0.1, 0.15) is 10.7 Å². The first-order chi connectivity index (χ1) is 10.1. The van der Waals surface area contributed by atoms with Crippen LogP contribution in [0.25, 0.3) is 0 Å². The first-order valence-electron chi connectivity index (χ1n) is 7.18. The van der Waals surface area contributed by atoms with Gasteiger partial charge in [-0.2, -0.15) is 0 Å². The van der Waals surface area contributed by atoms with E-state index in [2.05, 4.69) is 24.3 Å². The van der Waals surface area contributed by atoms with Crippen LogP contribution in [-0.4, -0.2) is 11.6 Å². The van der Waals surface area contributed by atoms with Crippen LogP contribution in [0.3, 0.4) is 0 Å². The van der Waals surface area contributed by atoms with Crippen LogP contribution in [0, 0.1) is 13.8 Å². The third-order valence-electron chi connectivity index (χ3n) is 4.13. The van der Waals surface area contributed by atoms with Crippen LogP contribution in [0.15, 0.2) is 36.4 Å². The van der Waals surface area contributed by atoms with Gasteiger partial charge >= 0.3 is 0 Å². The third kappa shape index (κ3) is 2.66. The molecule has 1 aliphatic rings. The Kier molecular flexibility index (Phi) is 3.68. The van der Waals surface area contributed by atoms with Crippen molar-refractivity contribution in [2.45, 2.75) is 26.2 Å². The number of benzene rings is 2. The lowest BCUT2D eigenvalue weighted by Crippen LogP contribution is -2.23. The summed E-state index contributed by atoms with van der Waals surface area (Å²) >= 11 is 5.04. The Morgan fingerprint density at radius 1 is 1.24 bits per heavy atom. The van der Waals surface area contributed by atoms with Gasteiger partial charge < -0.3 is 10.5 Å². The molecule has 0 saturated heterocycles. The van der Waals surface area contributed by atoms with Gasteiger partial charge in [-0.3, -0.25) is 0 Å². The lowest BCUT2D eigenvalue weighted by molar-refractivity contribution is 0.272. The van der Waals surface area contributed by atoms with E-state index in [1.165, 1.54) is 11.1 Å². The Labute approximate surface area is 130 Å². The number of nitrogens with two attached hydrogens (primary N) is 1. The van der Waals surface area contributed by atoms with Crippen molar-refractivity contribution in [2.24, 2.45) is 5.73 Å². The fraction of sp³-hybridized carbons (Fsp3) is 0.278. The zero-order chi connectivity index (χ0) is 15.0. The molecule has 3 heteroatoms. The van der Waals surface area contributed by atoms with Gasteiger partial charge in [-0.25, -0.2) is 0 Å². The monoisotopic (exact) mass is 297 g/mol. The summed E-state index contributed by atoms with van der Waals surface area (Å²) in [6.45, 7) is 4.81. The number of fused-ring (bicyclic) bond motifs is 1. The van der Waals surface area contributed by atoms with Crippen LogP contribution in [0.1, 0.15) is 33.7 Å². The molecule has 0 heterocycles. The molecule has 2 N–H and O–H groups in total. The predicted octanol–water partition coefficient (Wildman–Crippen LogP) is 3.66. The molecule has 3 rings (SSSR count). The maximum Gasteiger partial charge on any atom is 0.125 e. The molecule has 2 aromatic rings. The minimum Gasteiger partial charge on any atom is -0.492 e. The van der Waals surface area contributed by atoms with Crippen LogP contribution in [0.2, 0.25) is 0 Å². The van der Waals surface area contributed by atoms with Gasteiger partial charge in [-0.15, -0.1) is 0 Å². The van der Waals surface area contributed by atoms with E-state index in [9.17, 15) is 0 Å². The summed E-state index contributed by atoms with van der Waals surface area (Å²) in [6, 6.07) is 12.6. The average Bonchev–Trinajstić information content (AvgIpc) is 2.42. The molecule has 0 spiro atoms. The van der Waals surface area contributed by atoms with E-state index in [1.54, 1.807) is 0 Å². The van der Waals surface area contributed by atoms with E-state index < -0.39 is 0 Å². The Balaban J connectivity index is 1.74. The smallest absolute Gasteiger partial charge is 0.125 e. The van der Waals surface area contributed by atoms with E-state index in [-0.39, 0.29) is 0 Å². The van der Waals surface area contributed by atoms with Gasteiger partial charge in [-0.1, -0.05) is 36.5 Å². The van der Waals surface area contributed by atoms with Crippen molar-refractivity contribution in [3.8, 4) is 5.75 Å². The van der Waals surface area contributed by atoms with Crippen LogP contribution >= 0.6 is 12.2 Å². The number of thiocarbonyl (C=S) groups is 1. The standard InChI is InChI=1S/C18H19NOS/c1-11-7-14(18(19)21)8-12(2)17(11)20-10-15-9-13-5-3-4-6-16(13)15/h3-8,15H,9-10H2,1-2H3,(H2,19,21). The summed E-state index contributed by atoms with van der Waals surface area (Å²) in [6.07, 6.45) is 1.11. The van der Waals surface area contributed by atoms with Crippen LogP contribution < -0.4 is 10.5 Å². The van der Waals surface area contributed by atoms with Crippen molar-refractivity contribution in [2.75, 3.05) is 6.61 Å². The molecule has 108 valence electrons. The molecule has 1 aliphatic carbocycles. The molecule has 2 nitrogen and oxygen atoms in total. The Morgan fingerprint density at radius 2 is 1.90 bits per heavy atom. The van der Waals surface area contributed by atoms with Crippen LogP contribution in [-0.2, 0) is 6.42 Å². The molecule has 0 fully saturated rings. The van der Waals surface area contributed by atoms with Gasteiger partial charge in [0.15, 0.2) is 0 Å². The predicted molar refractivity (Wildman–Crippen MR) is 90.2 cm³/mol. The second-order valence-electron chi connectivity index (χ2n) is 5.71. The molecular formula is C18H19NOS. The fourth-order valence-corrected chi connectivity index (χ4v) is 3.13. The highest BCUT2D eigenvalue weighted by atomic mass is 32.1. The van der Waals surface area contributed by atoms with E-state index in [0.717, 1.165) is 35.5 Å². The van der Waals surface area contributed by atoms with E-state index >= 15 is 0 Å². The maximum atomic E-state index is 6.08. The summed E-state index contributed by atoms with van der Waals surface area (Å²) < 4.78 is 6.08. The molecule has 1 atom stereocenters. The minimum absolute atomic E-state index is 0.431. The quantitative estimate of drug-likeness (QED) is 0.875. The van der Waals surface area contributed by atoms with Crippen LogP contribution in [0.5, 0.6) is 5.75 Å². The van der Waals surface area contributed by atoms with E-state index in [4.69, 9.17) is 22.7 Å². The van der Waals surface area contributed by atoms with Crippen molar-refractivity contribution >= 4 is 17.2 Å². The molecule has 0 aliphatic heterocycles. The number of ether oxygens (including phenoxy) is 1. The highest BCUT2D eigenvalue weighted by molar-refractivity contribution is 7.80. The van der Waals surface area contributed by atoms with Gasteiger partial charge in [-0.05, 0) is 54.7 Å². The second-order valence-corrected chi connectivity index (χ2v) is 6.15. The molecule has 2 aromatic carbocycles. The normalized spacial score (nSPS) is 16.0. The fourth-order valence-electron chi connectivity index (χ4n) is 3.02. The van der Waals surface area contributed by atoms with Gasteiger partial charge in [0.05, 0.1) is 6.61 Å². The lowest BCUT2D eigenvalue weighted by atomic mass is 9.78. The highest BCUT2D eigenvalue weighted by Crippen LogP contribution is 2.36. The number of aryl methyl sites for hydroxylation is 2. The summed E-state index contributed by atoms with van der Waals surface area (Å²) in [4.78, 5) is 0.431. The molecule has 0 bridgehead atoms.